The molecule has 0 aliphatic heterocycles. The lowest BCUT2D eigenvalue weighted by Gasteiger charge is -2.13. The summed E-state index contributed by atoms with van der Waals surface area (Å²) in [6.07, 6.45) is -6.98. The van der Waals surface area contributed by atoms with Crippen LogP contribution in [0.3, 0.4) is 0 Å². The summed E-state index contributed by atoms with van der Waals surface area (Å²) in [4.78, 5) is 0. The molecule has 0 saturated heterocycles. The average molecular weight is 261 g/mol. The van der Waals surface area contributed by atoms with Crippen LogP contribution in [-0.4, -0.2) is 11.3 Å². The van der Waals surface area contributed by atoms with Gasteiger partial charge in [0.2, 0.25) is 0 Å². The smallest absolute Gasteiger partial charge is 0.379 e. The van der Waals surface area contributed by atoms with E-state index in [0.29, 0.717) is 0 Å². The Morgan fingerprint density at radius 3 is 2.33 bits per heavy atom. The molecule has 0 aliphatic rings. The fraction of sp³-hybridized carbons (Fsp3) is 0.333. The first-order valence-corrected chi connectivity index (χ1v) is 4.63. The van der Waals surface area contributed by atoms with Crippen molar-refractivity contribution in [1.82, 2.24) is 0 Å². The van der Waals surface area contributed by atoms with Crippen LogP contribution in [0.25, 0.3) is 0 Å². The fourth-order valence-electron chi connectivity index (χ4n) is 0.663. The lowest BCUT2D eigenvalue weighted by atomic mass is 10.2. The Labute approximate surface area is 79.0 Å². The third-order valence-corrected chi connectivity index (χ3v) is 3.00. The molecular weight excluding hydrogens is 257 g/mol. The Balaban J connectivity index is 2.92. The highest BCUT2D eigenvalue weighted by Crippen LogP contribution is 2.37. The standard InChI is InChI=1S/C6H4BrF3OS/c7-4-2-12-1-3(4)5(11)6(8,9)10/h1-2,5,11H. The number of rotatable bonds is 1. The molecule has 1 unspecified atom stereocenters. The molecule has 1 heterocycles. The molecule has 0 bridgehead atoms. The molecule has 1 nitrogen and oxygen atoms in total. The number of hydrogen-bond donors (Lipinski definition) is 1. The number of aliphatic hydroxyl groups is 1. The van der Waals surface area contributed by atoms with Gasteiger partial charge in [0.25, 0.3) is 0 Å². The predicted octanol–water partition coefficient (Wildman–Crippen LogP) is 3.11. The normalized spacial score (nSPS) is 14.8. The molecule has 68 valence electrons. The average Bonchev–Trinajstić information content (AvgIpc) is 2.31. The van der Waals surface area contributed by atoms with Crippen molar-refractivity contribution in [1.29, 1.82) is 0 Å². The summed E-state index contributed by atoms with van der Waals surface area (Å²) < 4.78 is 36.1. The van der Waals surface area contributed by atoms with E-state index < -0.39 is 12.3 Å². The first-order chi connectivity index (χ1) is 5.43. The Morgan fingerprint density at radius 2 is 2.00 bits per heavy atom. The van der Waals surface area contributed by atoms with Gasteiger partial charge in [-0.3, -0.25) is 0 Å². The zero-order valence-corrected chi connectivity index (χ0v) is 8.00. The number of thiophene rings is 1. The Morgan fingerprint density at radius 1 is 1.42 bits per heavy atom. The van der Waals surface area contributed by atoms with Crippen LogP contribution in [-0.2, 0) is 0 Å². The fourth-order valence-corrected chi connectivity index (χ4v) is 2.20. The number of hydrogen-bond acceptors (Lipinski definition) is 2. The number of aliphatic hydroxyl groups excluding tert-OH is 1. The number of halogens is 4. The van der Waals surface area contributed by atoms with E-state index in [2.05, 4.69) is 15.9 Å². The van der Waals surface area contributed by atoms with Gasteiger partial charge >= 0.3 is 6.18 Å². The van der Waals surface area contributed by atoms with E-state index >= 15 is 0 Å². The van der Waals surface area contributed by atoms with E-state index in [4.69, 9.17) is 5.11 Å². The zero-order valence-electron chi connectivity index (χ0n) is 5.60. The quantitative estimate of drug-likeness (QED) is 0.823. The van der Waals surface area contributed by atoms with Gasteiger partial charge in [-0.15, -0.1) is 0 Å². The van der Waals surface area contributed by atoms with Crippen LogP contribution in [0.5, 0.6) is 0 Å². The van der Waals surface area contributed by atoms with Crippen LogP contribution >= 0.6 is 27.3 Å². The molecule has 0 aromatic carbocycles. The maximum absolute atomic E-state index is 11.9. The molecule has 1 N–H and O–H groups in total. The summed E-state index contributed by atoms with van der Waals surface area (Å²) in [5.41, 5.74) is -0.132. The second-order valence-corrected chi connectivity index (χ2v) is 3.72. The largest absolute Gasteiger partial charge is 0.418 e. The van der Waals surface area contributed by atoms with Gasteiger partial charge in [0.05, 0.1) is 0 Å². The molecule has 1 atom stereocenters. The zero-order chi connectivity index (χ0) is 9.35. The molecule has 1 rings (SSSR count). The van der Waals surface area contributed by atoms with Gasteiger partial charge in [-0.1, -0.05) is 0 Å². The highest BCUT2D eigenvalue weighted by Gasteiger charge is 2.40. The lowest BCUT2D eigenvalue weighted by Crippen LogP contribution is -2.19. The van der Waals surface area contributed by atoms with Crippen LogP contribution in [0.4, 0.5) is 13.2 Å². The van der Waals surface area contributed by atoms with Crippen LogP contribution in [0.15, 0.2) is 15.2 Å². The minimum absolute atomic E-state index is 0.132. The first-order valence-electron chi connectivity index (χ1n) is 2.89. The van der Waals surface area contributed by atoms with Crippen LogP contribution in [0.2, 0.25) is 0 Å². The summed E-state index contributed by atoms with van der Waals surface area (Å²) in [5, 5.41) is 11.5. The van der Waals surface area contributed by atoms with Crippen molar-refractivity contribution in [3.63, 3.8) is 0 Å². The Bertz CT molecular complexity index is 270. The van der Waals surface area contributed by atoms with Crippen LogP contribution in [0, 0.1) is 0 Å². The van der Waals surface area contributed by atoms with Crippen LogP contribution < -0.4 is 0 Å². The van der Waals surface area contributed by atoms with E-state index in [9.17, 15) is 13.2 Å². The van der Waals surface area contributed by atoms with Crippen molar-refractivity contribution >= 4 is 27.3 Å². The third kappa shape index (κ3) is 1.99. The van der Waals surface area contributed by atoms with Gasteiger partial charge in [-0.05, 0) is 21.3 Å². The summed E-state index contributed by atoms with van der Waals surface area (Å²) in [6.45, 7) is 0. The van der Waals surface area contributed by atoms with Crippen molar-refractivity contribution in [2.75, 3.05) is 0 Å². The van der Waals surface area contributed by atoms with E-state index in [1.165, 1.54) is 10.8 Å². The highest BCUT2D eigenvalue weighted by atomic mass is 79.9. The maximum atomic E-state index is 11.9. The van der Waals surface area contributed by atoms with Crippen molar-refractivity contribution in [3.05, 3.63) is 20.8 Å². The molecule has 1 aromatic rings. The molecule has 1 aromatic heterocycles. The minimum Gasteiger partial charge on any atom is -0.379 e. The Hall–Kier alpha value is -0.0700. The second kappa shape index (κ2) is 3.35. The third-order valence-electron chi connectivity index (χ3n) is 1.25. The van der Waals surface area contributed by atoms with Crippen molar-refractivity contribution in [2.45, 2.75) is 12.3 Å². The van der Waals surface area contributed by atoms with Gasteiger partial charge in [0, 0.05) is 15.4 Å². The second-order valence-electron chi connectivity index (χ2n) is 2.12. The summed E-state index contributed by atoms with van der Waals surface area (Å²) >= 11 is 4.01. The highest BCUT2D eigenvalue weighted by molar-refractivity contribution is 9.10. The summed E-state index contributed by atoms with van der Waals surface area (Å²) in [7, 11) is 0. The van der Waals surface area contributed by atoms with Gasteiger partial charge in [0.15, 0.2) is 6.10 Å². The Kier molecular flexibility index (Phi) is 2.80. The van der Waals surface area contributed by atoms with Gasteiger partial charge in [-0.25, -0.2) is 0 Å². The topological polar surface area (TPSA) is 20.2 Å². The van der Waals surface area contributed by atoms with E-state index in [-0.39, 0.29) is 10.0 Å². The molecule has 0 spiro atoms. The van der Waals surface area contributed by atoms with Crippen molar-refractivity contribution < 1.29 is 18.3 Å². The molecule has 0 amide bonds. The molecule has 12 heavy (non-hydrogen) atoms. The van der Waals surface area contributed by atoms with E-state index in [1.807, 2.05) is 0 Å². The summed E-state index contributed by atoms with van der Waals surface area (Å²) in [6, 6.07) is 0. The van der Waals surface area contributed by atoms with E-state index in [1.54, 1.807) is 0 Å². The van der Waals surface area contributed by atoms with Gasteiger partial charge in [-0.2, -0.15) is 24.5 Å². The summed E-state index contributed by atoms with van der Waals surface area (Å²) in [5.74, 6) is 0. The molecular formula is C6H4BrF3OS. The van der Waals surface area contributed by atoms with E-state index in [0.717, 1.165) is 11.3 Å². The monoisotopic (exact) mass is 260 g/mol. The van der Waals surface area contributed by atoms with Crippen molar-refractivity contribution in [2.24, 2.45) is 0 Å². The maximum Gasteiger partial charge on any atom is 0.418 e. The molecule has 0 fully saturated rings. The molecule has 0 radical (unpaired) electrons. The molecule has 0 saturated carbocycles. The molecule has 0 aliphatic carbocycles. The van der Waals surface area contributed by atoms with Crippen molar-refractivity contribution in [3.8, 4) is 0 Å². The SMILES string of the molecule is OC(c1cscc1Br)C(F)(F)F. The van der Waals surface area contributed by atoms with Crippen LogP contribution in [0.1, 0.15) is 11.7 Å². The predicted molar refractivity (Wildman–Crippen MR) is 43.0 cm³/mol. The van der Waals surface area contributed by atoms with Gasteiger partial charge in [0.1, 0.15) is 0 Å². The van der Waals surface area contributed by atoms with Gasteiger partial charge < -0.3 is 5.11 Å². The molecule has 6 heteroatoms. The minimum atomic E-state index is -4.59. The first kappa shape index (κ1) is 10.0. The number of alkyl halides is 3. The lowest BCUT2D eigenvalue weighted by molar-refractivity contribution is -0.206.